The van der Waals surface area contributed by atoms with Gasteiger partial charge in [0.1, 0.15) is 0 Å². The van der Waals surface area contributed by atoms with Gasteiger partial charge in [0, 0.05) is 17.3 Å². The van der Waals surface area contributed by atoms with Crippen LogP contribution in [0.5, 0.6) is 0 Å². The molecule has 0 aromatic heterocycles. The van der Waals surface area contributed by atoms with Crippen molar-refractivity contribution in [3.8, 4) is 0 Å². The number of carbonyl (C=O) groups is 2. The third-order valence-electron chi connectivity index (χ3n) is 3.07. The van der Waals surface area contributed by atoms with Crippen LogP contribution in [0.4, 0.5) is 5.69 Å². The summed E-state index contributed by atoms with van der Waals surface area (Å²) < 4.78 is 0. The van der Waals surface area contributed by atoms with E-state index in [-0.39, 0.29) is 17.9 Å². The van der Waals surface area contributed by atoms with Gasteiger partial charge in [-0.3, -0.25) is 9.59 Å². The van der Waals surface area contributed by atoms with Crippen molar-refractivity contribution in [2.24, 2.45) is 0 Å². The Morgan fingerprint density at radius 1 is 1.47 bits per heavy atom. The SMILES string of the molecule is CC(O)CC(C)NC(=O)c1ccc2c(c1)NC(=O)C2. The highest BCUT2D eigenvalue weighted by Crippen LogP contribution is 2.24. The van der Waals surface area contributed by atoms with E-state index in [9.17, 15) is 14.7 Å². The van der Waals surface area contributed by atoms with E-state index in [4.69, 9.17) is 0 Å². The van der Waals surface area contributed by atoms with Crippen LogP contribution in [0.15, 0.2) is 18.2 Å². The maximum Gasteiger partial charge on any atom is 0.251 e. The molecule has 1 heterocycles. The van der Waals surface area contributed by atoms with E-state index in [1.807, 2.05) is 6.92 Å². The Kier molecular flexibility index (Phi) is 3.85. The van der Waals surface area contributed by atoms with Crippen molar-refractivity contribution in [1.82, 2.24) is 5.32 Å². The number of fused-ring (bicyclic) bond motifs is 1. The Bertz CT molecular complexity index is 511. The van der Waals surface area contributed by atoms with Crippen molar-refractivity contribution in [2.45, 2.75) is 38.8 Å². The summed E-state index contributed by atoms with van der Waals surface area (Å²) in [6.45, 7) is 3.54. The number of rotatable bonds is 4. The number of amides is 2. The summed E-state index contributed by atoms with van der Waals surface area (Å²) in [6, 6.07) is 5.09. The first kappa shape index (κ1) is 13.5. The van der Waals surface area contributed by atoms with Crippen LogP contribution in [0, 0.1) is 0 Å². The van der Waals surface area contributed by atoms with Gasteiger partial charge in [-0.05, 0) is 38.0 Å². The van der Waals surface area contributed by atoms with Gasteiger partial charge in [-0.1, -0.05) is 6.07 Å². The number of nitrogens with one attached hydrogen (secondary N) is 2. The number of hydrogen-bond acceptors (Lipinski definition) is 3. The largest absolute Gasteiger partial charge is 0.393 e. The lowest BCUT2D eigenvalue weighted by molar-refractivity contribution is -0.115. The number of benzene rings is 1. The quantitative estimate of drug-likeness (QED) is 0.759. The molecule has 0 fully saturated rings. The monoisotopic (exact) mass is 262 g/mol. The molecule has 1 aromatic carbocycles. The van der Waals surface area contributed by atoms with Crippen LogP contribution in [0.25, 0.3) is 0 Å². The van der Waals surface area contributed by atoms with Gasteiger partial charge in [0.2, 0.25) is 5.91 Å². The molecule has 5 heteroatoms. The Morgan fingerprint density at radius 2 is 2.21 bits per heavy atom. The Labute approximate surface area is 112 Å². The van der Waals surface area contributed by atoms with E-state index in [0.717, 1.165) is 5.56 Å². The molecular weight excluding hydrogens is 244 g/mol. The molecule has 0 saturated carbocycles. The van der Waals surface area contributed by atoms with Crippen LogP contribution in [0.1, 0.15) is 36.2 Å². The molecule has 2 rings (SSSR count). The molecule has 2 atom stereocenters. The first-order chi connectivity index (χ1) is 8.95. The molecule has 1 aromatic rings. The lowest BCUT2D eigenvalue weighted by Crippen LogP contribution is -2.34. The Balaban J connectivity index is 2.04. The van der Waals surface area contributed by atoms with Crippen molar-refractivity contribution in [3.63, 3.8) is 0 Å². The Hall–Kier alpha value is -1.88. The molecule has 1 aliphatic heterocycles. The van der Waals surface area contributed by atoms with Crippen LogP contribution < -0.4 is 10.6 Å². The average molecular weight is 262 g/mol. The molecule has 2 unspecified atom stereocenters. The minimum absolute atomic E-state index is 0.0463. The van der Waals surface area contributed by atoms with E-state index in [2.05, 4.69) is 10.6 Å². The molecule has 0 radical (unpaired) electrons. The number of hydrogen-bond donors (Lipinski definition) is 3. The molecular formula is C14H18N2O3. The summed E-state index contributed by atoms with van der Waals surface area (Å²) in [6.07, 6.45) is 0.429. The van der Waals surface area contributed by atoms with Gasteiger partial charge in [0.15, 0.2) is 0 Å². The van der Waals surface area contributed by atoms with Crippen LogP contribution in [0.3, 0.4) is 0 Å². The summed E-state index contributed by atoms with van der Waals surface area (Å²) in [5.74, 6) is -0.243. The van der Waals surface area contributed by atoms with Crippen molar-refractivity contribution in [1.29, 1.82) is 0 Å². The number of aliphatic hydroxyl groups excluding tert-OH is 1. The first-order valence-electron chi connectivity index (χ1n) is 6.37. The minimum Gasteiger partial charge on any atom is -0.393 e. The predicted molar refractivity (Wildman–Crippen MR) is 72.0 cm³/mol. The maximum absolute atomic E-state index is 12.0. The van der Waals surface area contributed by atoms with Crippen molar-refractivity contribution < 1.29 is 14.7 Å². The fraction of sp³-hybridized carbons (Fsp3) is 0.429. The highest BCUT2D eigenvalue weighted by Gasteiger charge is 2.19. The normalized spacial score (nSPS) is 16.5. The molecule has 5 nitrogen and oxygen atoms in total. The van der Waals surface area contributed by atoms with E-state index < -0.39 is 6.10 Å². The van der Waals surface area contributed by atoms with Crippen molar-refractivity contribution in [2.75, 3.05) is 5.32 Å². The Morgan fingerprint density at radius 3 is 2.89 bits per heavy atom. The lowest BCUT2D eigenvalue weighted by atomic mass is 10.1. The topological polar surface area (TPSA) is 78.4 Å². The van der Waals surface area contributed by atoms with E-state index in [0.29, 0.717) is 24.1 Å². The second kappa shape index (κ2) is 5.40. The third-order valence-corrected chi connectivity index (χ3v) is 3.07. The fourth-order valence-electron chi connectivity index (χ4n) is 2.23. The fourth-order valence-corrected chi connectivity index (χ4v) is 2.23. The van der Waals surface area contributed by atoms with Gasteiger partial charge in [-0.15, -0.1) is 0 Å². The standard InChI is InChI=1S/C14H18N2O3/c1-8(5-9(2)17)15-14(19)11-4-3-10-7-13(18)16-12(10)6-11/h3-4,6,8-9,17H,5,7H2,1-2H3,(H,15,19)(H,16,18). The molecule has 102 valence electrons. The zero-order valence-corrected chi connectivity index (χ0v) is 11.1. The van der Waals surface area contributed by atoms with Crippen LogP contribution in [-0.4, -0.2) is 29.1 Å². The maximum atomic E-state index is 12.0. The van der Waals surface area contributed by atoms with Crippen LogP contribution >= 0.6 is 0 Å². The van der Waals surface area contributed by atoms with Gasteiger partial charge in [-0.2, -0.15) is 0 Å². The number of anilines is 1. The highest BCUT2D eigenvalue weighted by atomic mass is 16.3. The van der Waals surface area contributed by atoms with Gasteiger partial charge in [-0.25, -0.2) is 0 Å². The summed E-state index contributed by atoms with van der Waals surface area (Å²) >= 11 is 0. The molecule has 0 bridgehead atoms. The van der Waals surface area contributed by atoms with Gasteiger partial charge in [0.25, 0.3) is 5.91 Å². The summed E-state index contributed by atoms with van der Waals surface area (Å²) in [5, 5.41) is 14.8. The smallest absolute Gasteiger partial charge is 0.251 e. The van der Waals surface area contributed by atoms with E-state index in [1.54, 1.807) is 25.1 Å². The second-order valence-corrected chi connectivity index (χ2v) is 5.06. The molecule has 2 amide bonds. The molecule has 19 heavy (non-hydrogen) atoms. The summed E-state index contributed by atoms with van der Waals surface area (Å²) in [5.41, 5.74) is 2.14. The first-order valence-corrected chi connectivity index (χ1v) is 6.37. The molecule has 0 aliphatic carbocycles. The predicted octanol–water partition coefficient (Wildman–Crippen LogP) is 1.07. The zero-order valence-electron chi connectivity index (χ0n) is 11.1. The zero-order chi connectivity index (χ0) is 14.0. The summed E-state index contributed by atoms with van der Waals surface area (Å²) in [7, 11) is 0. The van der Waals surface area contributed by atoms with Crippen molar-refractivity contribution >= 4 is 17.5 Å². The number of carbonyl (C=O) groups excluding carboxylic acids is 2. The van der Waals surface area contributed by atoms with Gasteiger partial charge in [0.05, 0.1) is 12.5 Å². The minimum atomic E-state index is -0.449. The van der Waals surface area contributed by atoms with Crippen LogP contribution in [-0.2, 0) is 11.2 Å². The van der Waals surface area contributed by atoms with Crippen LogP contribution in [0.2, 0.25) is 0 Å². The molecule has 0 spiro atoms. The van der Waals surface area contributed by atoms with Gasteiger partial charge >= 0.3 is 0 Å². The highest BCUT2D eigenvalue weighted by molar-refractivity contribution is 6.02. The summed E-state index contributed by atoms with van der Waals surface area (Å²) in [4.78, 5) is 23.3. The molecule has 3 N–H and O–H groups in total. The third kappa shape index (κ3) is 3.32. The number of aliphatic hydroxyl groups is 1. The lowest BCUT2D eigenvalue weighted by Gasteiger charge is -2.15. The molecule has 0 saturated heterocycles. The van der Waals surface area contributed by atoms with E-state index in [1.165, 1.54) is 0 Å². The van der Waals surface area contributed by atoms with E-state index >= 15 is 0 Å². The van der Waals surface area contributed by atoms with Crippen molar-refractivity contribution in [3.05, 3.63) is 29.3 Å². The van der Waals surface area contributed by atoms with Gasteiger partial charge < -0.3 is 15.7 Å². The average Bonchev–Trinajstić information content (AvgIpc) is 2.66. The molecule has 1 aliphatic rings. The second-order valence-electron chi connectivity index (χ2n) is 5.06.